The van der Waals surface area contributed by atoms with Crippen LogP contribution in [0.4, 0.5) is 11.5 Å². The number of aromatic nitrogens is 5. The van der Waals surface area contributed by atoms with E-state index in [4.69, 9.17) is 42.2 Å². The number of benzene rings is 2. The van der Waals surface area contributed by atoms with Crippen LogP contribution in [0.3, 0.4) is 0 Å². The number of nitrogens with zero attached hydrogens (tertiary/aromatic N) is 5. The molecular weight excluding hydrogens is 455 g/mol. The minimum atomic E-state index is 0.377. The van der Waals surface area contributed by atoms with Crippen LogP contribution in [0.15, 0.2) is 41.3 Å². The molecule has 3 heterocycles. The lowest BCUT2D eigenvalue weighted by atomic mass is 10.2. The van der Waals surface area contributed by atoms with E-state index in [-0.39, 0.29) is 0 Å². The van der Waals surface area contributed by atoms with Crippen molar-refractivity contribution in [2.45, 2.75) is 6.92 Å². The summed E-state index contributed by atoms with van der Waals surface area (Å²) in [4.78, 5) is 13.2. The fourth-order valence-electron chi connectivity index (χ4n) is 3.43. The highest BCUT2D eigenvalue weighted by molar-refractivity contribution is 6.39. The second-order valence-corrected chi connectivity index (χ2v) is 7.70. The first-order chi connectivity index (χ1) is 15.5. The van der Waals surface area contributed by atoms with Gasteiger partial charge in [-0.05, 0) is 12.1 Å². The molecule has 0 radical (unpaired) electrons. The third-order valence-electron chi connectivity index (χ3n) is 4.92. The van der Waals surface area contributed by atoms with E-state index in [9.17, 15) is 0 Å². The Hall–Kier alpha value is -3.56. The molecule has 32 heavy (non-hydrogen) atoms. The molecule has 0 amide bonds. The normalized spacial score (nSPS) is 11.3. The smallest absolute Gasteiger partial charge is 0.223 e. The van der Waals surface area contributed by atoms with Gasteiger partial charge in [0.15, 0.2) is 17.3 Å². The molecule has 162 valence electrons. The van der Waals surface area contributed by atoms with Crippen LogP contribution >= 0.6 is 23.2 Å². The summed E-state index contributed by atoms with van der Waals surface area (Å²) in [7, 11) is 3.16. The Kier molecular flexibility index (Phi) is 4.99. The molecule has 5 aromatic rings. The van der Waals surface area contributed by atoms with Crippen molar-refractivity contribution in [1.29, 1.82) is 0 Å². The predicted molar refractivity (Wildman–Crippen MR) is 121 cm³/mol. The Bertz CT molecular complexity index is 1460. The number of hydrogen-bond donors (Lipinski definition) is 1. The second kappa shape index (κ2) is 7.85. The van der Waals surface area contributed by atoms with Crippen molar-refractivity contribution in [2.75, 3.05) is 19.5 Å². The first kappa shape index (κ1) is 20.3. The summed E-state index contributed by atoms with van der Waals surface area (Å²) in [6.07, 6.45) is 3.39. The van der Waals surface area contributed by atoms with Gasteiger partial charge in [-0.3, -0.25) is 4.40 Å². The monoisotopic (exact) mass is 470 g/mol. The van der Waals surface area contributed by atoms with E-state index in [0.717, 1.165) is 11.0 Å². The van der Waals surface area contributed by atoms with Crippen molar-refractivity contribution in [1.82, 2.24) is 24.5 Å². The second-order valence-electron chi connectivity index (χ2n) is 6.88. The van der Waals surface area contributed by atoms with Gasteiger partial charge in [0.25, 0.3) is 0 Å². The topological polar surface area (TPSA) is 99.6 Å². The Labute approximate surface area is 191 Å². The van der Waals surface area contributed by atoms with Gasteiger partial charge in [0.1, 0.15) is 5.52 Å². The molecule has 0 atom stereocenters. The molecular formula is C21H16Cl2N6O3. The van der Waals surface area contributed by atoms with Crippen molar-refractivity contribution in [3.63, 3.8) is 0 Å². The quantitative estimate of drug-likeness (QED) is 0.368. The molecule has 3 aromatic heterocycles. The van der Waals surface area contributed by atoms with Gasteiger partial charge in [-0.2, -0.15) is 4.98 Å². The Morgan fingerprint density at radius 2 is 1.69 bits per heavy atom. The van der Waals surface area contributed by atoms with E-state index < -0.39 is 0 Å². The number of anilines is 2. The number of nitrogens with one attached hydrogen (secondary N) is 1. The Morgan fingerprint density at radius 1 is 0.969 bits per heavy atom. The first-order valence-electron chi connectivity index (χ1n) is 9.43. The highest BCUT2D eigenvalue weighted by atomic mass is 35.5. The summed E-state index contributed by atoms with van der Waals surface area (Å²) in [6, 6.07) is 7.07. The fourth-order valence-corrected chi connectivity index (χ4v) is 4.01. The number of methoxy groups -OCH3 is 2. The summed E-state index contributed by atoms with van der Waals surface area (Å²) < 4.78 is 17.8. The van der Waals surface area contributed by atoms with Crippen LogP contribution in [0.25, 0.3) is 27.9 Å². The zero-order valence-electron chi connectivity index (χ0n) is 17.2. The van der Waals surface area contributed by atoms with Crippen molar-refractivity contribution in [3.05, 3.63) is 52.7 Å². The van der Waals surface area contributed by atoms with E-state index in [0.29, 0.717) is 55.8 Å². The molecule has 0 aliphatic rings. The number of imidazole rings is 1. The van der Waals surface area contributed by atoms with Crippen LogP contribution in [0, 0.1) is 6.92 Å². The van der Waals surface area contributed by atoms with Gasteiger partial charge in [0.05, 0.1) is 53.5 Å². The number of aryl methyl sites for hydroxylation is 1. The fraction of sp³-hybridized carbons (Fsp3) is 0.143. The van der Waals surface area contributed by atoms with E-state index in [1.165, 1.54) is 0 Å². The molecule has 0 saturated carbocycles. The lowest BCUT2D eigenvalue weighted by Crippen LogP contribution is -2.01. The molecule has 0 aliphatic carbocycles. The highest BCUT2D eigenvalue weighted by Crippen LogP contribution is 2.38. The van der Waals surface area contributed by atoms with Crippen LogP contribution in [0.2, 0.25) is 10.0 Å². The van der Waals surface area contributed by atoms with Crippen molar-refractivity contribution < 1.29 is 14.0 Å². The summed E-state index contributed by atoms with van der Waals surface area (Å²) in [5.74, 6) is 2.53. The molecule has 0 unspecified atom stereocenters. The standard InChI is InChI=1S/C21H16Cl2N6O3/c1-10-25-20(28-32-10)11-4-12(22)19(13(23)5-11)27-21-16-8-24-9-29(16)15-7-18(31-3)17(30-2)6-14(15)26-21/h4-9H,1-3H3,(H,26,27). The largest absolute Gasteiger partial charge is 0.493 e. The predicted octanol–water partition coefficient (Wildman–Crippen LogP) is 5.31. The highest BCUT2D eigenvalue weighted by Gasteiger charge is 2.17. The van der Waals surface area contributed by atoms with Crippen molar-refractivity contribution in [2.24, 2.45) is 0 Å². The number of halogens is 2. The first-order valence-corrected chi connectivity index (χ1v) is 10.2. The maximum absolute atomic E-state index is 6.55. The average molecular weight is 471 g/mol. The van der Waals surface area contributed by atoms with E-state index in [1.54, 1.807) is 51.9 Å². The number of fused-ring (bicyclic) bond motifs is 3. The molecule has 0 saturated heterocycles. The van der Waals surface area contributed by atoms with Crippen LogP contribution in [-0.4, -0.2) is 38.7 Å². The minimum absolute atomic E-state index is 0.377. The van der Waals surface area contributed by atoms with Gasteiger partial charge >= 0.3 is 0 Å². The van der Waals surface area contributed by atoms with Gasteiger partial charge in [-0.1, -0.05) is 28.4 Å². The van der Waals surface area contributed by atoms with Gasteiger partial charge in [-0.25, -0.2) is 9.97 Å². The van der Waals surface area contributed by atoms with Crippen LogP contribution in [-0.2, 0) is 0 Å². The summed E-state index contributed by atoms with van der Waals surface area (Å²) in [5, 5.41) is 7.90. The molecule has 5 rings (SSSR count). The molecule has 0 bridgehead atoms. The third kappa shape index (κ3) is 3.35. The van der Waals surface area contributed by atoms with Gasteiger partial charge < -0.3 is 19.3 Å². The van der Waals surface area contributed by atoms with Crippen LogP contribution in [0.1, 0.15) is 5.89 Å². The molecule has 2 aromatic carbocycles. The van der Waals surface area contributed by atoms with E-state index in [2.05, 4.69) is 20.4 Å². The Morgan fingerprint density at radius 3 is 2.34 bits per heavy atom. The zero-order valence-corrected chi connectivity index (χ0v) is 18.7. The maximum atomic E-state index is 6.55. The molecule has 1 N–H and O–H groups in total. The molecule has 9 nitrogen and oxygen atoms in total. The minimum Gasteiger partial charge on any atom is -0.493 e. The molecule has 0 fully saturated rings. The number of hydrogen-bond acceptors (Lipinski definition) is 8. The number of rotatable bonds is 5. The summed E-state index contributed by atoms with van der Waals surface area (Å²) >= 11 is 13.1. The SMILES string of the molecule is COc1cc2nc(Nc3c(Cl)cc(-c4noc(C)n4)cc3Cl)c3cncn3c2cc1OC. The van der Waals surface area contributed by atoms with Gasteiger partial charge in [0.2, 0.25) is 11.7 Å². The Balaban J connectivity index is 1.63. The van der Waals surface area contributed by atoms with Crippen LogP contribution in [0.5, 0.6) is 11.5 Å². The zero-order chi connectivity index (χ0) is 22.4. The molecule has 0 aliphatic heterocycles. The van der Waals surface area contributed by atoms with Crippen molar-refractivity contribution >= 4 is 51.3 Å². The summed E-state index contributed by atoms with van der Waals surface area (Å²) in [5.41, 5.74) is 3.34. The van der Waals surface area contributed by atoms with Gasteiger partial charge in [0, 0.05) is 24.6 Å². The summed E-state index contributed by atoms with van der Waals surface area (Å²) in [6.45, 7) is 1.71. The molecule has 0 spiro atoms. The van der Waals surface area contributed by atoms with Gasteiger partial charge in [-0.15, -0.1) is 0 Å². The third-order valence-corrected chi connectivity index (χ3v) is 5.52. The average Bonchev–Trinajstić information content (AvgIpc) is 3.44. The number of ether oxygens (including phenoxy) is 2. The lowest BCUT2D eigenvalue weighted by Gasteiger charge is -2.15. The molecule has 11 heteroatoms. The van der Waals surface area contributed by atoms with E-state index >= 15 is 0 Å². The van der Waals surface area contributed by atoms with E-state index in [1.807, 2.05) is 10.5 Å². The lowest BCUT2D eigenvalue weighted by molar-refractivity contribution is 0.355. The maximum Gasteiger partial charge on any atom is 0.223 e. The van der Waals surface area contributed by atoms with Crippen molar-refractivity contribution in [3.8, 4) is 22.9 Å². The van der Waals surface area contributed by atoms with Crippen LogP contribution < -0.4 is 14.8 Å².